The molecule has 0 aliphatic carbocycles. The molecular weight excluding hydrogens is 296 g/mol. The smallest absolute Gasteiger partial charge is 0.238 e. The number of hydrogen-bond acceptors (Lipinski definition) is 6. The Kier molecular flexibility index (Phi) is 3.98. The Morgan fingerprint density at radius 2 is 2.10 bits per heavy atom. The quantitative estimate of drug-likeness (QED) is 0.829. The maximum atomic E-state index is 11.3. The van der Waals surface area contributed by atoms with Gasteiger partial charge in [-0.05, 0) is 25.1 Å². The van der Waals surface area contributed by atoms with Crippen LogP contribution >= 0.6 is 11.3 Å². The summed E-state index contributed by atoms with van der Waals surface area (Å²) in [6, 6.07) is 4.46. The molecule has 0 aliphatic rings. The van der Waals surface area contributed by atoms with E-state index in [4.69, 9.17) is 10.9 Å². The second-order valence-electron chi connectivity index (χ2n) is 4.48. The number of hydrogen-bond donors (Lipinski definition) is 2. The van der Waals surface area contributed by atoms with Crippen LogP contribution in [-0.2, 0) is 16.6 Å². The maximum absolute atomic E-state index is 11.3. The SMILES string of the molecule is Cc1nc(CN(C)c2ccc(S(N)(=O)=O)cc2N)cs1. The first-order chi connectivity index (χ1) is 9.27. The van der Waals surface area contributed by atoms with E-state index in [1.165, 1.54) is 12.1 Å². The highest BCUT2D eigenvalue weighted by Crippen LogP contribution is 2.26. The van der Waals surface area contributed by atoms with Crippen LogP contribution in [0.1, 0.15) is 10.7 Å². The molecule has 0 saturated carbocycles. The van der Waals surface area contributed by atoms with Crippen LogP contribution in [0, 0.1) is 6.92 Å². The van der Waals surface area contributed by atoms with E-state index >= 15 is 0 Å². The molecule has 2 rings (SSSR count). The molecule has 108 valence electrons. The molecule has 1 aromatic heterocycles. The molecule has 1 heterocycles. The van der Waals surface area contributed by atoms with Gasteiger partial charge in [-0.25, -0.2) is 18.5 Å². The Morgan fingerprint density at radius 3 is 2.60 bits per heavy atom. The molecule has 0 radical (unpaired) electrons. The topological polar surface area (TPSA) is 102 Å². The van der Waals surface area contributed by atoms with E-state index in [1.54, 1.807) is 17.4 Å². The van der Waals surface area contributed by atoms with E-state index in [0.717, 1.165) is 16.4 Å². The first-order valence-electron chi connectivity index (χ1n) is 5.82. The molecule has 0 saturated heterocycles. The Bertz CT molecular complexity index is 725. The number of sulfonamides is 1. The summed E-state index contributed by atoms with van der Waals surface area (Å²) in [6.07, 6.45) is 0. The summed E-state index contributed by atoms with van der Waals surface area (Å²) in [6.45, 7) is 2.55. The van der Waals surface area contributed by atoms with Crippen molar-refractivity contribution in [3.63, 3.8) is 0 Å². The Morgan fingerprint density at radius 1 is 1.40 bits per heavy atom. The lowest BCUT2D eigenvalue weighted by Crippen LogP contribution is -2.19. The average Bonchev–Trinajstić information content (AvgIpc) is 2.73. The Labute approximate surface area is 122 Å². The normalized spacial score (nSPS) is 11.6. The second kappa shape index (κ2) is 5.39. The van der Waals surface area contributed by atoms with E-state index in [-0.39, 0.29) is 4.90 Å². The minimum absolute atomic E-state index is 0.0108. The van der Waals surface area contributed by atoms with E-state index < -0.39 is 10.0 Å². The zero-order chi connectivity index (χ0) is 14.9. The fraction of sp³-hybridized carbons (Fsp3) is 0.250. The van der Waals surface area contributed by atoms with Gasteiger partial charge in [0.15, 0.2) is 0 Å². The van der Waals surface area contributed by atoms with Gasteiger partial charge in [0.05, 0.1) is 33.5 Å². The summed E-state index contributed by atoms with van der Waals surface area (Å²) in [5.74, 6) is 0. The van der Waals surface area contributed by atoms with Crippen molar-refractivity contribution >= 4 is 32.7 Å². The van der Waals surface area contributed by atoms with Crippen molar-refractivity contribution in [2.75, 3.05) is 17.7 Å². The lowest BCUT2D eigenvalue weighted by atomic mass is 10.2. The van der Waals surface area contributed by atoms with Crippen LogP contribution in [-0.4, -0.2) is 20.4 Å². The fourth-order valence-corrected chi connectivity index (χ4v) is 3.02. The van der Waals surface area contributed by atoms with Gasteiger partial charge in [0.2, 0.25) is 10.0 Å². The molecule has 0 atom stereocenters. The molecular formula is C12H16N4O2S2. The molecule has 2 aromatic rings. The molecule has 1 aromatic carbocycles. The fourth-order valence-electron chi connectivity index (χ4n) is 1.87. The van der Waals surface area contributed by atoms with E-state index in [0.29, 0.717) is 12.2 Å². The number of rotatable bonds is 4. The van der Waals surface area contributed by atoms with Crippen molar-refractivity contribution in [2.45, 2.75) is 18.4 Å². The monoisotopic (exact) mass is 312 g/mol. The molecule has 0 fully saturated rings. The van der Waals surface area contributed by atoms with Gasteiger partial charge in [0.25, 0.3) is 0 Å². The molecule has 20 heavy (non-hydrogen) atoms. The maximum Gasteiger partial charge on any atom is 0.238 e. The second-order valence-corrected chi connectivity index (χ2v) is 7.10. The van der Waals surface area contributed by atoms with Crippen LogP contribution in [0.2, 0.25) is 0 Å². The van der Waals surface area contributed by atoms with Gasteiger partial charge in [0, 0.05) is 12.4 Å². The van der Waals surface area contributed by atoms with Gasteiger partial charge < -0.3 is 10.6 Å². The summed E-state index contributed by atoms with van der Waals surface area (Å²) in [5, 5.41) is 8.06. The summed E-state index contributed by atoms with van der Waals surface area (Å²) in [5.41, 5.74) is 7.95. The van der Waals surface area contributed by atoms with Crippen molar-refractivity contribution in [3.8, 4) is 0 Å². The molecule has 6 nitrogen and oxygen atoms in total. The summed E-state index contributed by atoms with van der Waals surface area (Å²) < 4.78 is 22.5. The van der Waals surface area contributed by atoms with Gasteiger partial charge in [-0.15, -0.1) is 11.3 Å². The van der Waals surface area contributed by atoms with Crippen LogP contribution in [0.15, 0.2) is 28.5 Å². The van der Waals surface area contributed by atoms with Crippen molar-refractivity contribution < 1.29 is 8.42 Å². The number of benzene rings is 1. The lowest BCUT2D eigenvalue weighted by Gasteiger charge is -2.20. The van der Waals surface area contributed by atoms with Crippen LogP contribution in [0.5, 0.6) is 0 Å². The van der Waals surface area contributed by atoms with Gasteiger partial charge in [0.1, 0.15) is 0 Å². The molecule has 4 N–H and O–H groups in total. The number of nitrogens with two attached hydrogens (primary N) is 2. The molecule has 8 heteroatoms. The average molecular weight is 312 g/mol. The van der Waals surface area contributed by atoms with E-state index in [2.05, 4.69) is 4.98 Å². The highest BCUT2D eigenvalue weighted by Gasteiger charge is 2.13. The van der Waals surface area contributed by atoms with E-state index in [1.807, 2.05) is 24.3 Å². The molecule has 0 bridgehead atoms. The molecule has 0 aliphatic heterocycles. The zero-order valence-corrected chi connectivity index (χ0v) is 12.8. The first-order valence-corrected chi connectivity index (χ1v) is 8.24. The standard InChI is InChI=1S/C12H16N4O2S2/c1-8-15-9(7-19-8)6-16(2)12-4-3-10(5-11(12)13)20(14,17)18/h3-5,7H,6,13H2,1-2H3,(H2,14,17,18). The third-order valence-corrected chi connectivity index (χ3v) is 4.54. The molecule has 0 unspecified atom stereocenters. The summed E-state index contributed by atoms with van der Waals surface area (Å²) in [4.78, 5) is 6.31. The third-order valence-electron chi connectivity index (χ3n) is 2.80. The van der Waals surface area contributed by atoms with Gasteiger partial charge in [-0.2, -0.15) is 0 Å². The third kappa shape index (κ3) is 3.27. The summed E-state index contributed by atoms with van der Waals surface area (Å²) in [7, 11) is -1.86. The van der Waals surface area contributed by atoms with Gasteiger partial charge in [-0.3, -0.25) is 0 Å². The summed E-state index contributed by atoms with van der Waals surface area (Å²) >= 11 is 1.59. The highest BCUT2D eigenvalue weighted by molar-refractivity contribution is 7.89. The predicted molar refractivity (Wildman–Crippen MR) is 81.2 cm³/mol. The zero-order valence-electron chi connectivity index (χ0n) is 11.2. The minimum atomic E-state index is -3.73. The Balaban J connectivity index is 2.24. The first kappa shape index (κ1) is 14.8. The molecule has 0 amide bonds. The van der Waals surface area contributed by atoms with Crippen molar-refractivity contribution in [1.29, 1.82) is 0 Å². The number of primary sulfonamides is 1. The molecule has 0 spiro atoms. The number of nitrogens with zero attached hydrogens (tertiary/aromatic N) is 2. The Hall–Kier alpha value is -1.64. The van der Waals surface area contributed by atoms with Crippen molar-refractivity contribution in [3.05, 3.63) is 34.3 Å². The van der Waals surface area contributed by atoms with Crippen molar-refractivity contribution in [2.24, 2.45) is 5.14 Å². The van der Waals surface area contributed by atoms with Crippen LogP contribution in [0.3, 0.4) is 0 Å². The van der Waals surface area contributed by atoms with E-state index in [9.17, 15) is 8.42 Å². The number of aromatic nitrogens is 1. The number of anilines is 2. The number of nitrogen functional groups attached to an aromatic ring is 1. The van der Waals surface area contributed by atoms with Crippen molar-refractivity contribution in [1.82, 2.24) is 4.98 Å². The van der Waals surface area contributed by atoms with Crippen LogP contribution < -0.4 is 15.8 Å². The van der Waals surface area contributed by atoms with Gasteiger partial charge in [-0.1, -0.05) is 0 Å². The largest absolute Gasteiger partial charge is 0.397 e. The number of thiazole rings is 1. The predicted octanol–water partition coefficient (Wildman–Crippen LogP) is 1.32. The van der Waals surface area contributed by atoms with Crippen LogP contribution in [0.4, 0.5) is 11.4 Å². The van der Waals surface area contributed by atoms with Crippen LogP contribution in [0.25, 0.3) is 0 Å². The highest BCUT2D eigenvalue weighted by atomic mass is 32.2. The number of aryl methyl sites for hydroxylation is 1. The van der Waals surface area contributed by atoms with Gasteiger partial charge >= 0.3 is 0 Å². The lowest BCUT2D eigenvalue weighted by molar-refractivity contribution is 0.598. The minimum Gasteiger partial charge on any atom is -0.397 e.